The van der Waals surface area contributed by atoms with Gasteiger partial charge in [0, 0.05) is 30.9 Å². The molecular formula is C29H37N5O4. The fraction of sp³-hybridized carbons (Fsp3) is 0.552. The molecule has 1 atom stereocenters. The van der Waals surface area contributed by atoms with Gasteiger partial charge in [-0.25, -0.2) is 14.3 Å². The van der Waals surface area contributed by atoms with Crippen molar-refractivity contribution in [3.8, 4) is 5.75 Å². The Bertz CT molecular complexity index is 1340. The van der Waals surface area contributed by atoms with Crippen LogP contribution in [0.1, 0.15) is 81.4 Å². The van der Waals surface area contributed by atoms with Gasteiger partial charge in [-0.3, -0.25) is 4.98 Å². The van der Waals surface area contributed by atoms with E-state index in [1.165, 1.54) is 0 Å². The van der Waals surface area contributed by atoms with Gasteiger partial charge >= 0.3 is 5.97 Å². The first-order valence-corrected chi connectivity index (χ1v) is 13.8. The van der Waals surface area contributed by atoms with E-state index in [4.69, 9.17) is 9.47 Å². The summed E-state index contributed by atoms with van der Waals surface area (Å²) in [6.07, 6.45) is 13.0. The number of hydrogen-bond donors (Lipinski definition) is 1. The van der Waals surface area contributed by atoms with E-state index in [0.29, 0.717) is 37.5 Å². The maximum absolute atomic E-state index is 13.4. The lowest BCUT2D eigenvalue weighted by Gasteiger charge is -2.42. The molecule has 0 spiro atoms. The van der Waals surface area contributed by atoms with Gasteiger partial charge < -0.3 is 14.6 Å². The molecule has 3 aromatic rings. The van der Waals surface area contributed by atoms with E-state index in [-0.39, 0.29) is 23.7 Å². The van der Waals surface area contributed by atoms with Crippen LogP contribution in [0, 0.1) is 12.8 Å². The second-order valence-corrected chi connectivity index (χ2v) is 10.6. The molecule has 5 rings (SSSR count). The zero-order valence-corrected chi connectivity index (χ0v) is 22.6. The van der Waals surface area contributed by atoms with Gasteiger partial charge in [-0.2, -0.15) is 4.98 Å². The predicted octanol–water partition coefficient (Wildman–Crippen LogP) is 5.04. The molecule has 0 aromatic carbocycles. The van der Waals surface area contributed by atoms with Crippen LogP contribution in [0.3, 0.4) is 0 Å². The van der Waals surface area contributed by atoms with Crippen molar-refractivity contribution in [3.63, 3.8) is 0 Å². The summed E-state index contributed by atoms with van der Waals surface area (Å²) in [7, 11) is 0. The topological polar surface area (TPSA) is 112 Å². The number of nitrogens with zero attached hydrogens (tertiary/aromatic N) is 5. The van der Waals surface area contributed by atoms with Crippen molar-refractivity contribution in [1.29, 1.82) is 0 Å². The first-order valence-electron chi connectivity index (χ1n) is 13.8. The van der Waals surface area contributed by atoms with E-state index in [1.807, 2.05) is 19.3 Å². The minimum atomic E-state index is -0.746. The molecule has 1 aliphatic heterocycles. The Kier molecular flexibility index (Phi) is 7.63. The van der Waals surface area contributed by atoms with Crippen molar-refractivity contribution in [1.82, 2.24) is 24.6 Å². The molecule has 38 heavy (non-hydrogen) atoms. The summed E-state index contributed by atoms with van der Waals surface area (Å²) >= 11 is 0. The molecular weight excluding hydrogens is 482 g/mol. The average Bonchev–Trinajstić information content (AvgIpc) is 3.59. The highest BCUT2D eigenvalue weighted by Crippen LogP contribution is 2.46. The summed E-state index contributed by atoms with van der Waals surface area (Å²) in [6.45, 7) is 6.72. The highest BCUT2D eigenvalue weighted by atomic mass is 16.6. The van der Waals surface area contributed by atoms with Crippen LogP contribution in [0.15, 0.2) is 36.0 Å². The molecule has 1 N–H and O–H groups in total. The van der Waals surface area contributed by atoms with E-state index in [0.717, 1.165) is 61.1 Å². The summed E-state index contributed by atoms with van der Waals surface area (Å²) < 4.78 is 13.9. The number of aryl methyl sites for hydroxylation is 3. The van der Waals surface area contributed by atoms with Crippen molar-refractivity contribution in [2.45, 2.75) is 90.6 Å². The fourth-order valence-electron chi connectivity index (χ4n) is 5.75. The van der Waals surface area contributed by atoms with Crippen LogP contribution >= 0.6 is 0 Å². The molecule has 1 unspecified atom stereocenters. The first kappa shape index (κ1) is 26.1. The zero-order chi connectivity index (χ0) is 26.7. The van der Waals surface area contributed by atoms with Gasteiger partial charge in [0.1, 0.15) is 17.1 Å². The highest BCUT2D eigenvalue weighted by molar-refractivity contribution is 5.90. The van der Waals surface area contributed by atoms with Crippen molar-refractivity contribution in [3.05, 3.63) is 58.6 Å². The number of hydrogen-bond acceptors (Lipinski definition) is 8. The summed E-state index contributed by atoms with van der Waals surface area (Å²) in [5, 5.41) is 15.7. The van der Waals surface area contributed by atoms with Crippen LogP contribution in [0.2, 0.25) is 0 Å². The van der Waals surface area contributed by atoms with Crippen LogP contribution in [0.25, 0.3) is 5.78 Å². The number of aromatic nitrogens is 5. The highest BCUT2D eigenvalue weighted by Gasteiger charge is 2.48. The number of carbonyl (C=O) groups is 1. The smallest absolute Gasteiger partial charge is 0.338 e. The normalized spacial score (nSPS) is 20.3. The van der Waals surface area contributed by atoms with Crippen molar-refractivity contribution in [2.75, 3.05) is 6.61 Å². The van der Waals surface area contributed by atoms with Gasteiger partial charge in [-0.05, 0) is 68.6 Å². The fourth-order valence-corrected chi connectivity index (χ4v) is 5.75. The number of aliphatic hydroxyl groups excluding tert-OH is 1. The van der Waals surface area contributed by atoms with Crippen LogP contribution in [0.5, 0.6) is 5.75 Å². The van der Waals surface area contributed by atoms with Crippen LogP contribution in [0.4, 0.5) is 0 Å². The number of ether oxygens (including phenoxy) is 2. The van der Waals surface area contributed by atoms with E-state index < -0.39 is 11.6 Å². The molecule has 1 fully saturated rings. The third-order valence-corrected chi connectivity index (χ3v) is 7.80. The quantitative estimate of drug-likeness (QED) is 0.371. The summed E-state index contributed by atoms with van der Waals surface area (Å²) in [6, 6.07) is 2.10. The molecule has 2 aliphatic rings. The SMILES string of the molecule is CCCOc1cnc(CC)cc1CCC1(C2CCCC2)CC(O)=C(Cc2nc3ncc(C)cn3n2)C(=O)O1. The number of fused-ring (bicyclic) bond motifs is 1. The Hall–Kier alpha value is -3.49. The predicted molar refractivity (Wildman–Crippen MR) is 142 cm³/mol. The molecule has 1 saturated carbocycles. The Balaban J connectivity index is 1.40. The van der Waals surface area contributed by atoms with Gasteiger partial charge in [-0.15, -0.1) is 5.10 Å². The third-order valence-electron chi connectivity index (χ3n) is 7.80. The number of pyridine rings is 1. The Morgan fingerprint density at radius 1 is 1.21 bits per heavy atom. The van der Waals surface area contributed by atoms with Gasteiger partial charge in [0.05, 0.1) is 18.4 Å². The second-order valence-electron chi connectivity index (χ2n) is 10.6. The van der Waals surface area contributed by atoms with Crippen molar-refractivity contribution >= 4 is 11.7 Å². The number of aliphatic hydroxyl groups is 1. The average molecular weight is 520 g/mol. The van der Waals surface area contributed by atoms with Gasteiger partial charge in [0.15, 0.2) is 5.82 Å². The lowest BCUT2D eigenvalue weighted by molar-refractivity contribution is -0.167. The van der Waals surface area contributed by atoms with E-state index >= 15 is 0 Å². The molecule has 4 heterocycles. The van der Waals surface area contributed by atoms with Crippen LogP contribution < -0.4 is 4.74 Å². The summed E-state index contributed by atoms with van der Waals surface area (Å²) in [4.78, 5) is 26.6. The molecule has 9 heteroatoms. The third kappa shape index (κ3) is 5.37. The Labute approximate surface area is 223 Å². The molecule has 9 nitrogen and oxygen atoms in total. The largest absolute Gasteiger partial charge is 0.512 e. The van der Waals surface area contributed by atoms with Crippen LogP contribution in [-0.2, 0) is 28.8 Å². The lowest BCUT2D eigenvalue weighted by atomic mass is 9.76. The summed E-state index contributed by atoms with van der Waals surface area (Å²) in [5.74, 6) is 1.49. The van der Waals surface area contributed by atoms with Crippen molar-refractivity contribution < 1.29 is 19.4 Å². The maximum atomic E-state index is 13.4. The standard InChI is InChI=1S/C29H37N5O4/c1-4-12-37-25-17-30-22(5-2)13-20(25)10-11-29(21-8-6-7-9-21)15-24(35)23(27(36)38-29)14-26-32-28-31-16-19(3)18-34(28)33-26/h13,16-18,21,35H,4-12,14-15H2,1-3H3. The number of cyclic esters (lactones) is 1. The van der Waals surface area contributed by atoms with Gasteiger partial charge in [0.2, 0.25) is 0 Å². The lowest BCUT2D eigenvalue weighted by Crippen LogP contribution is -2.46. The minimum absolute atomic E-state index is 0.0857. The molecule has 3 aromatic heterocycles. The molecule has 202 valence electrons. The minimum Gasteiger partial charge on any atom is -0.512 e. The van der Waals surface area contributed by atoms with E-state index in [2.05, 4.69) is 40.0 Å². The Morgan fingerprint density at radius 2 is 2.03 bits per heavy atom. The van der Waals surface area contributed by atoms with E-state index in [9.17, 15) is 9.90 Å². The number of esters is 1. The number of rotatable bonds is 10. The zero-order valence-electron chi connectivity index (χ0n) is 22.6. The first-order chi connectivity index (χ1) is 18.4. The second kappa shape index (κ2) is 11.1. The van der Waals surface area contributed by atoms with Gasteiger partial charge in [-0.1, -0.05) is 26.7 Å². The molecule has 0 saturated heterocycles. The Morgan fingerprint density at radius 3 is 2.76 bits per heavy atom. The summed E-state index contributed by atoms with van der Waals surface area (Å²) in [5.41, 5.74) is 2.52. The molecule has 0 bridgehead atoms. The monoisotopic (exact) mass is 519 g/mol. The molecule has 1 aliphatic carbocycles. The molecule has 0 amide bonds. The van der Waals surface area contributed by atoms with E-state index in [1.54, 1.807) is 10.7 Å². The van der Waals surface area contributed by atoms with Gasteiger partial charge in [0.25, 0.3) is 5.78 Å². The van der Waals surface area contributed by atoms with Crippen LogP contribution in [-0.4, -0.2) is 47.8 Å². The van der Waals surface area contributed by atoms with Crippen molar-refractivity contribution in [2.24, 2.45) is 5.92 Å². The number of carbonyl (C=O) groups excluding carboxylic acids is 1. The molecule has 0 radical (unpaired) electrons. The maximum Gasteiger partial charge on any atom is 0.338 e.